The molecule has 8 nitrogen and oxygen atoms in total. The molecule has 0 saturated carbocycles. The average Bonchev–Trinajstić information content (AvgIpc) is 3.15. The number of aromatic amines is 2. The number of fused-ring (bicyclic) bond motifs is 1. The average molecular weight is 363 g/mol. The standard InChI is InChI=1S/C19H17N5O3/c1-27-16-7-6-12-4-2-3-5-14(12)17(16)15-11-24(23-22-15)9-8-13-10-20-19(26)21-18(13)25/h2-7,10-11H,8-9H2,1H3,(H2,20,21,25,26). The second kappa shape index (κ2) is 6.91. The number of ether oxygens (including phenoxy) is 1. The molecule has 0 bridgehead atoms. The highest BCUT2D eigenvalue weighted by molar-refractivity contribution is 5.98. The molecular weight excluding hydrogens is 346 g/mol. The summed E-state index contributed by atoms with van der Waals surface area (Å²) in [5, 5.41) is 10.6. The van der Waals surface area contributed by atoms with Crippen molar-refractivity contribution in [3.05, 3.63) is 75.2 Å². The van der Waals surface area contributed by atoms with Crippen molar-refractivity contribution in [2.24, 2.45) is 0 Å². The summed E-state index contributed by atoms with van der Waals surface area (Å²) in [5.74, 6) is 0.720. The van der Waals surface area contributed by atoms with E-state index in [-0.39, 0.29) is 0 Å². The van der Waals surface area contributed by atoms with E-state index in [1.807, 2.05) is 42.6 Å². The van der Waals surface area contributed by atoms with E-state index in [1.165, 1.54) is 6.20 Å². The summed E-state index contributed by atoms with van der Waals surface area (Å²) in [6, 6.07) is 11.9. The van der Waals surface area contributed by atoms with E-state index in [1.54, 1.807) is 11.8 Å². The van der Waals surface area contributed by atoms with E-state index in [9.17, 15) is 9.59 Å². The zero-order valence-corrected chi connectivity index (χ0v) is 14.6. The molecule has 0 unspecified atom stereocenters. The molecule has 2 aromatic carbocycles. The summed E-state index contributed by atoms with van der Waals surface area (Å²) >= 11 is 0. The van der Waals surface area contributed by atoms with Crippen LogP contribution in [0, 0.1) is 0 Å². The summed E-state index contributed by atoms with van der Waals surface area (Å²) in [4.78, 5) is 27.6. The van der Waals surface area contributed by atoms with Gasteiger partial charge >= 0.3 is 5.69 Å². The van der Waals surface area contributed by atoms with Crippen LogP contribution in [0.2, 0.25) is 0 Å². The van der Waals surface area contributed by atoms with Gasteiger partial charge in [-0.15, -0.1) is 5.10 Å². The van der Waals surface area contributed by atoms with Gasteiger partial charge < -0.3 is 9.72 Å². The molecular formula is C19H17N5O3. The maximum Gasteiger partial charge on any atom is 0.325 e. The summed E-state index contributed by atoms with van der Waals surface area (Å²) in [5.41, 5.74) is 1.14. The fourth-order valence-corrected chi connectivity index (χ4v) is 3.07. The first-order chi connectivity index (χ1) is 13.2. The van der Waals surface area contributed by atoms with Gasteiger partial charge in [0, 0.05) is 18.3 Å². The Labute approximate surface area is 153 Å². The lowest BCUT2D eigenvalue weighted by molar-refractivity contribution is 0.417. The Balaban J connectivity index is 1.66. The van der Waals surface area contributed by atoms with Crippen molar-refractivity contribution in [2.75, 3.05) is 7.11 Å². The highest BCUT2D eigenvalue weighted by Crippen LogP contribution is 2.35. The normalized spacial score (nSPS) is 11.0. The Morgan fingerprint density at radius 3 is 2.81 bits per heavy atom. The molecule has 4 rings (SSSR count). The van der Waals surface area contributed by atoms with E-state index in [4.69, 9.17) is 4.74 Å². The second-order valence-corrected chi connectivity index (χ2v) is 6.08. The third-order valence-electron chi connectivity index (χ3n) is 4.41. The Bertz CT molecular complexity index is 1220. The molecule has 0 aliphatic carbocycles. The Morgan fingerprint density at radius 2 is 2.00 bits per heavy atom. The number of hydrogen-bond acceptors (Lipinski definition) is 5. The molecule has 2 aromatic heterocycles. The smallest absolute Gasteiger partial charge is 0.325 e. The molecule has 0 atom stereocenters. The van der Waals surface area contributed by atoms with Crippen molar-refractivity contribution in [1.82, 2.24) is 25.0 Å². The van der Waals surface area contributed by atoms with Crippen molar-refractivity contribution in [1.29, 1.82) is 0 Å². The van der Waals surface area contributed by atoms with Crippen LogP contribution in [0.4, 0.5) is 0 Å². The molecule has 136 valence electrons. The predicted octanol–water partition coefficient (Wildman–Crippen LogP) is 1.73. The summed E-state index contributed by atoms with van der Waals surface area (Å²) in [7, 11) is 1.63. The topological polar surface area (TPSA) is 106 Å². The van der Waals surface area contributed by atoms with E-state index < -0.39 is 11.2 Å². The number of hydrogen-bond donors (Lipinski definition) is 2. The van der Waals surface area contributed by atoms with Crippen LogP contribution in [0.1, 0.15) is 5.56 Å². The fourth-order valence-electron chi connectivity index (χ4n) is 3.07. The van der Waals surface area contributed by atoms with Gasteiger partial charge in [-0.25, -0.2) is 4.79 Å². The lowest BCUT2D eigenvalue weighted by Crippen LogP contribution is -2.25. The maximum absolute atomic E-state index is 11.8. The number of rotatable bonds is 5. The van der Waals surface area contributed by atoms with E-state index in [0.29, 0.717) is 24.2 Å². The molecule has 0 saturated heterocycles. The number of aryl methyl sites for hydroxylation is 2. The molecule has 27 heavy (non-hydrogen) atoms. The molecule has 0 amide bonds. The van der Waals surface area contributed by atoms with E-state index in [0.717, 1.165) is 22.1 Å². The Morgan fingerprint density at radius 1 is 1.15 bits per heavy atom. The lowest BCUT2D eigenvalue weighted by atomic mass is 10.0. The van der Waals surface area contributed by atoms with Gasteiger partial charge in [0.2, 0.25) is 0 Å². The van der Waals surface area contributed by atoms with Crippen molar-refractivity contribution in [3.8, 4) is 17.0 Å². The molecule has 0 aliphatic heterocycles. The third kappa shape index (κ3) is 3.24. The molecule has 0 aliphatic rings. The molecule has 0 spiro atoms. The SMILES string of the molecule is COc1ccc2ccccc2c1-c1cn(CCc2c[nH]c(=O)[nH]c2=O)nn1. The largest absolute Gasteiger partial charge is 0.496 e. The minimum atomic E-state index is -0.519. The van der Waals surface area contributed by atoms with Crippen molar-refractivity contribution in [3.63, 3.8) is 0 Å². The first kappa shape index (κ1) is 16.8. The van der Waals surface area contributed by atoms with Gasteiger partial charge in [0.05, 0.1) is 18.9 Å². The van der Waals surface area contributed by atoms with Crippen LogP contribution in [0.3, 0.4) is 0 Å². The van der Waals surface area contributed by atoms with Gasteiger partial charge in [0.15, 0.2) is 0 Å². The zero-order valence-electron chi connectivity index (χ0n) is 14.6. The van der Waals surface area contributed by atoms with Crippen LogP contribution in [0.15, 0.2) is 58.4 Å². The molecule has 8 heteroatoms. The predicted molar refractivity (Wildman–Crippen MR) is 101 cm³/mol. The quantitative estimate of drug-likeness (QED) is 0.562. The minimum Gasteiger partial charge on any atom is -0.496 e. The first-order valence-corrected chi connectivity index (χ1v) is 8.43. The molecule has 2 heterocycles. The highest BCUT2D eigenvalue weighted by Gasteiger charge is 2.14. The lowest BCUT2D eigenvalue weighted by Gasteiger charge is -2.09. The fraction of sp³-hybridized carbons (Fsp3) is 0.158. The summed E-state index contributed by atoms with van der Waals surface area (Å²) < 4.78 is 7.18. The van der Waals surface area contributed by atoms with Crippen LogP contribution in [0.25, 0.3) is 22.0 Å². The van der Waals surface area contributed by atoms with Crippen LogP contribution in [-0.4, -0.2) is 32.1 Å². The Kier molecular flexibility index (Phi) is 4.29. The van der Waals surface area contributed by atoms with Gasteiger partial charge in [0.1, 0.15) is 11.4 Å². The van der Waals surface area contributed by atoms with Crippen LogP contribution in [-0.2, 0) is 13.0 Å². The van der Waals surface area contributed by atoms with Crippen molar-refractivity contribution < 1.29 is 4.74 Å². The molecule has 2 N–H and O–H groups in total. The van der Waals surface area contributed by atoms with Gasteiger partial charge in [-0.2, -0.15) is 0 Å². The van der Waals surface area contributed by atoms with Crippen LogP contribution in [0.5, 0.6) is 5.75 Å². The number of nitrogens with one attached hydrogen (secondary N) is 2. The first-order valence-electron chi connectivity index (χ1n) is 8.43. The van der Waals surface area contributed by atoms with Gasteiger partial charge in [-0.1, -0.05) is 35.5 Å². The number of benzene rings is 2. The van der Waals surface area contributed by atoms with E-state index in [2.05, 4.69) is 20.3 Å². The van der Waals surface area contributed by atoms with Crippen LogP contribution >= 0.6 is 0 Å². The van der Waals surface area contributed by atoms with Crippen LogP contribution < -0.4 is 16.0 Å². The maximum atomic E-state index is 11.8. The summed E-state index contributed by atoms with van der Waals surface area (Å²) in [6.07, 6.45) is 3.67. The monoisotopic (exact) mass is 363 g/mol. The van der Waals surface area contributed by atoms with Gasteiger partial charge in [0.25, 0.3) is 5.56 Å². The van der Waals surface area contributed by atoms with Gasteiger partial charge in [-0.3, -0.25) is 14.5 Å². The second-order valence-electron chi connectivity index (χ2n) is 6.08. The Hall–Kier alpha value is -3.68. The van der Waals surface area contributed by atoms with E-state index >= 15 is 0 Å². The zero-order chi connectivity index (χ0) is 18.8. The number of methoxy groups -OCH3 is 1. The number of aromatic nitrogens is 5. The summed E-state index contributed by atoms with van der Waals surface area (Å²) in [6.45, 7) is 0.454. The molecule has 4 aromatic rings. The van der Waals surface area contributed by atoms with Crippen molar-refractivity contribution in [2.45, 2.75) is 13.0 Å². The third-order valence-corrected chi connectivity index (χ3v) is 4.41. The number of nitrogens with zero attached hydrogens (tertiary/aromatic N) is 3. The highest BCUT2D eigenvalue weighted by atomic mass is 16.5. The minimum absolute atomic E-state index is 0.394. The van der Waals surface area contributed by atoms with Gasteiger partial charge in [-0.05, 0) is 23.3 Å². The molecule has 0 fully saturated rings. The number of H-pyrrole nitrogens is 2. The molecule has 0 radical (unpaired) electrons. The van der Waals surface area contributed by atoms with Crippen molar-refractivity contribution >= 4 is 10.8 Å².